The SMILES string of the molecule is CCCc1nc(N2CCC[C@H](CCC(N)=O)C2)c2cnn(C)c2n1. The summed E-state index contributed by atoms with van der Waals surface area (Å²) in [5, 5.41) is 5.36. The zero-order chi connectivity index (χ0) is 17.1. The number of amides is 1. The first kappa shape index (κ1) is 16.7. The van der Waals surface area contributed by atoms with Crippen LogP contribution in [0, 0.1) is 5.92 Å². The molecule has 1 atom stereocenters. The number of anilines is 1. The van der Waals surface area contributed by atoms with Crippen LogP contribution in [-0.4, -0.2) is 38.7 Å². The lowest BCUT2D eigenvalue weighted by molar-refractivity contribution is -0.118. The lowest BCUT2D eigenvalue weighted by Gasteiger charge is -2.34. The summed E-state index contributed by atoms with van der Waals surface area (Å²) in [6, 6.07) is 0. The molecule has 7 heteroatoms. The van der Waals surface area contributed by atoms with Crippen LogP contribution in [-0.2, 0) is 18.3 Å². The van der Waals surface area contributed by atoms with Gasteiger partial charge in [-0.25, -0.2) is 9.97 Å². The van der Waals surface area contributed by atoms with E-state index in [1.165, 1.54) is 0 Å². The first-order chi connectivity index (χ1) is 11.6. The highest BCUT2D eigenvalue weighted by Crippen LogP contribution is 2.29. The Morgan fingerprint density at radius 3 is 3.00 bits per heavy atom. The molecule has 3 rings (SSSR count). The van der Waals surface area contributed by atoms with E-state index in [0.717, 1.165) is 67.9 Å². The van der Waals surface area contributed by atoms with Gasteiger partial charge in [0.15, 0.2) is 5.65 Å². The molecule has 1 saturated heterocycles. The molecule has 0 bridgehead atoms. The average molecular weight is 330 g/mol. The second-order valence-electron chi connectivity index (χ2n) is 6.68. The monoisotopic (exact) mass is 330 g/mol. The molecule has 0 aromatic carbocycles. The number of carbonyl (C=O) groups excluding carboxylic acids is 1. The number of nitrogens with two attached hydrogens (primary N) is 1. The minimum Gasteiger partial charge on any atom is -0.370 e. The summed E-state index contributed by atoms with van der Waals surface area (Å²) < 4.78 is 1.81. The molecule has 24 heavy (non-hydrogen) atoms. The molecule has 1 fully saturated rings. The van der Waals surface area contributed by atoms with Crippen LogP contribution in [0.15, 0.2) is 6.20 Å². The van der Waals surface area contributed by atoms with Crippen LogP contribution in [0.2, 0.25) is 0 Å². The van der Waals surface area contributed by atoms with Gasteiger partial charge in [0.2, 0.25) is 5.91 Å². The van der Waals surface area contributed by atoms with Gasteiger partial charge >= 0.3 is 0 Å². The van der Waals surface area contributed by atoms with Crippen molar-refractivity contribution in [3.05, 3.63) is 12.0 Å². The third kappa shape index (κ3) is 3.49. The highest BCUT2D eigenvalue weighted by molar-refractivity contribution is 5.87. The molecule has 130 valence electrons. The maximum atomic E-state index is 11.1. The molecule has 0 aliphatic carbocycles. The maximum absolute atomic E-state index is 11.1. The zero-order valence-electron chi connectivity index (χ0n) is 14.5. The lowest BCUT2D eigenvalue weighted by atomic mass is 9.93. The summed E-state index contributed by atoms with van der Waals surface area (Å²) in [6.07, 6.45) is 7.32. The minimum atomic E-state index is -0.214. The molecule has 0 spiro atoms. The van der Waals surface area contributed by atoms with Crippen LogP contribution < -0.4 is 10.6 Å². The van der Waals surface area contributed by atoms with E-state index >= 15 is 0 Å². The molecule has 3 heterocycles. The first-order valence-electron chi connectivity index (χ1n) is 8.80. The van der Waals surface area contributed by atoms with Gasteiger partial charge in [0.25, 0.3) is 0 Å². The summed E-state index contributed by atoms with van der Waals surface area (Å²) in [5.41, 5.74) is 6.19. The quantitative estimate of drug-likeness (QED) is 0.872. The topological polar surface area (TPSA) is 89.9 Å². The Kier molecular flexibility index (Phi) is 4.97. The number of piperidine rings is 1. The van der Waals surface area contributed by atoms with E-state index in [-0.39, 0.29) is 5.91 Å². The average Bonchev–Trinajstić information content (AvgIpc) is 2.94. The van der Waals surface area contributed by atoms with Crippen molar-refractivity contribution in [2.45, 2.75) is 45.4 Å². The van der Waals surface area contributed by atoms with E-state index in [1.807, 2.05) is 17.9 Å². The number of rotatable bonds is 6. The Morgan fingerprint density at radius 2 is 2.25 bits per heavy atom. The fraction of sp³-hybridized carbons (Fsp3) is 0.647. The van der Waals surface area contributed by atoms with Crippen LogP contribution in [0.3, 0.4) is 0 Å². The van der Waals surface area contributed by atoms with Crippen LogP contribution in [0.25, 0.3) is 11.0 Å². The number of nitrogens with zero attached hydrogens (tertiary/aromatic N) is 5. The molecule has 7 nitrogen and oxygen atoms in total. The molecule has 1 amide bonds. The van der Waals surface area contributed by atoms with Crippen molar-refractivity contribution >= 4 is 22.8 Å². The van der Waals surface area contributed by atoms with E-state index in [2.05, 4.69) is 21.9 Å². The third-order valence-corrected chi connectivity index (χ3v) is 4.71. The summed E-state index contributed by atoms with van der Waals surface area (Å²) in [6.45, 7) is 4.04. The van der Waals surface area contributed by atoms with Crippen LogP contribution in [0.4, 0.5) is 5.82 Å². The lowest BCUT2D eigenvalue weighted by Crippen LogP contribution is -2.36. The predicted octanol–water partition coefficient (Wildman–Crippen LogP) is 1.80. The van der Waals surface area contributed by atoms with Gasteiger partial charge in [-0.15, -0.1) is 0 Å². The number of carbonyl (C=O) groups is 1. The van der Waals surface area contributed by atoms with Gasteiger partial charge in [-0.1, -0.05) is 6.92 Å². The van der Waals surface area contributed by atoms with Crippen molar-refractivity contribution in [3.8, 4) is 0 Å². The Bertz CT molecular complexity index is 725. The molecule has 2 aromatic heterocycles. The summed E-state index contributed by atoms with van der Waals surface area (Å²) in [5.74, 6) is 2.14. The van der Waals surface area contributed by atoms with Gasteiger partial charge in [0, 0.05) is 33.0 Å². The second kappa shape index (κ2) is 7.15. The number of fused-ring (bicyclic) bond motifs is 1. The fourth-order valence-corrected chi connectivity index (χ4v) is 3.47. The van der Waals surface area contributed by atoms with Gasteiger partial charge in [-0.05, 0) is 31.6 Å². The van der Waals surface area contributed by atoms with Crippen molar-refractivity contribution in [3.63, 3.8) is 0 Å². The number of aromatic nitrogens is 4. The van der Waals surface area contributed by atoms with Crippen molar-refractivity contribution in [2.24, 2.45) is 18.7 Å². The molecule has 0 radical (unpaired) electrons. The predicted molar refractivity (Wildman–Crippen MR) is 93.7 cm³/mol. The molecule has 2 aromatic rings. The zero-order valence-corrected chi connectivity index (χ0v) is 14.5. The minimum absolute atomic E-state index is 0.214. The van der Waals surface area contributed by atoms with Gasteiger partial charge in [0.05, 0.1) is 11.6 Å². The summed E-state index contributed by atoms with van der Waals surface area (Å²) in [7, 11) is 1.92. The fourth-order valence-electron chi connectivity index (χ4n) is 3.47. The van der Waals surface area contributed by atoms with Crippen molar-refractivity contribution < 1.29 is 4.79 Å². The molecule has 0 saturated carbocycles. The Balaban J connectivity index is 1.88. The summed E-state index contributed by atoms with van der Waals surface area (Å²) >= 11 is 0. The van der Waals surface area contributed by atoms with E-state index in [4.69, 9.17) is 10.7 Å². The highest BCUT2D eigenvalue weighted by Gasteiger charge is 2.24. The van der Waals surface area contributed by atoms with E-state index < -0.39 is 0 Å². The van der Waals surface area contributed by atoms with Gasteiger partial charge in [0.1, 0.15) is 11.6 Å². The smallest absolute Gasteiger partial charge is 0.217 e. The number of primary amides is 1. The molecule has 2 N–H and O–H groups in total. The second-order valence-corrected chi connectivity index (χ2v) is 6.68. The molecule has 1 aliphatic heterocycles. The third-order valence-electron chi connectivity index (χ3n) is 4.71. The van der Waals surface area contributed by atoms with Crippen molar-refractivity contribution in [1.29, 1.82) is 0 Å². The largest absolute Gasteiger partial charge is 0.370 e. The first-order valence-corrected chi connectivity index (χ1v) is 8.80. The van der Waals surface area contributed by atoms with Crippen molar-refractivity contribution in [2.75, 3.05) is 18.0 Å². The maximum Gasteiger partial charge on any atom is 0.217 e. The number of hydrogen-bond donors (Lipinski definition) is 1. The van der Waals surface area contributed by atoms with Crippen molar-refractivity contribution in [1.82, 2.24) is 19.7 Å². The molecular weight excluding hydrogens is 304 g/mol. The molecule has 1 aliphatic rings. The Morgan fingerprint density at radius 1 is 1.42 bits per heavy atom. The van der Waals surface area contributed by atoms with Gasteiger partial charge in [-0.2, -0.15) is 5.10 Å². The molecule has 0 unspecified atom stereocenters. The van der Waals surface area contributed by atoms with E-state index in [9.17, 15) is 4.79 Å². The summed E-state index contributed by atoms with van der Waals surface area (Å²) in [4.78, 5) is 22.9. The molecular formula is C17H26N6O. The van der Waals surface area contributed by atoms with E-state index in [0.29, 0.717) is 12.3 Å². The van der Waals surface area contributed by atoms with Crippen LogP contribution >= 0.6 is 0 Å². The van der Waals surface area contributed by atoms with Crippen LogP contribution in [0.5, 0.6) is 0 Å². The Hall–Kier alpha value is -2.18. The normalized spacial score (nSPS) is 18.2. The van der Waals surface area contributed by atoms with Gasteiger partial charge < -0.3 is 10.6 Å². The standard InChI is InChI=1S/C17H26N6O/c1-3-5-15-20-16-13(10-19-22(16)2)17(21-15)23-9-4-6-12(11-23)7-8-14(18)24/h10,12H,3-9,11H2,1-2H3,(H2,18,24)/t12-/m1/s1. The highest BCUT2D eigenvalue weighted by atomic mass is 16.1. The number of aryl methyl sites for hydroxylation is 2. The Labute approximate surface area is 142 Å². The van der Waals surface area contributed by atoms with Crippen LogP contribution in [0.1, 0.15) is 44.9 Å². The van der Waals surface area contributed by atoms with E-state index in [1.54, 1.807) is 0 Å². The number of hydrogen-bond acceptors (Lipinski definition) is 5. The van der Waals surface area contributed by atoms with Gasteiger partial charge in [-0.3, -0.25) is 9.48 Å².